The van der Waals surface area contributed by atoms with Crippen molar-refractivity contribution in [2.24, 2.45) is 0 Å². The van der Waals surface area contributed by atoms with Crippen LogP contribution in [-0.2, 0) is 5.41 Å². The van der Waals surface area contributed by atoms with Crippen LogP contribution in [0.4, 0.5) is 0 Å². The first-order valence-corrected chi connectivity index (χ1v) is 16.9. The lowest BCUT2D eigenvalue weighted by Crippen LogP contribution is -2.14. The molecule has 0 spiro atoms. The van der Waals surface area contributed by atoms with Crippen LogP contribution in [-0.4, -0.2) is 0 Å². The summed E-state index contributed by atoms with van der Waals surface area (Å²) in [5, 5.41) is 5.14. The maximum atomic E-state index is 2.47. The van der Waals surface area contributed by atoms with Crippen molar-refractivity contribution in [3.8, 4) is 55.6 Å². The summed E-state index contributed by atoms with van der Waals surface area (Å²) in [5.41, 5.74) is 16.8. The van der Waals surface area contributed by atoms with Crippen LogP contribution in [0.15, 0.2) is 164 Å². The second-order valence-corrected chi connectivity index (χ2v) is 13.8. The van der Waals surface area contributed by atoms with Gasteiger partial charge in [0.25, 0.3) is 0 Å². The van der Waals surface area contributed by atoms with Crippen LogP contribution >= 0.6 is 0 Å². The molecule has 0 fully saturated rings. The molecular weight excluding hydrogens is 577 g/mol. The van der Waals surface area contributed by atoms with E-state index in [1.807, 2.05) is 0 Å². The maximum absolute atomic E-state index is 2.47. The minimum atomic E-state index is -0.0571. The van der Waals surface area contributed by atoms with E-state index in [1.54, 1.807) is 0 Å². The number of benzene rings is 8. The first kappa shape index (κ1) is 28.5. The summed E-state index contributed by atoms with van der Waals surface area (Å²) in [6, 6.07) is 60.7. The third kappa shape index (κ3) is 4.37. The highest BCUT2D eigenvalue weighted by molar-refractivity contribution is 6.22. The van der Waals surface area contributed by atoms with Crippen molar-refractivity contribution >= 4 is 21.5 Å². The van der Waals surface area contributed by atoms with Gasteiger partial charge in [0.1, 0.15) is 0 Å². The Kier molecular flexibility index (Phi) is 6.49. The lowest BCUT2D eigenvalue weighted by Gasteiger charge is -2.23. The molecule has 48 heavy (non-hydrogen) atoms. The van der Waals surface area contributed by atoms with E-state index in [0.29, 0.717) is 0 Å². The molecule has 0 saturated carbocycles. The van der Waals surface area contributed by atoms with Crippen molar-refractivity contribution in [1.82, 2.24) is 0 Å². The molecule has 0 heteroatoms. The molecule has 0 bridgehead atoms. The van der Waals surface area contributed by atoms with Crippen molar-refractivity contribution in [3.05, 3.63) is 180 Å². The average molecular weight is 613 g/mol. The summed E-state index contributed by atoms with van der Waals surface area (Å²) < 4.78 is 0. The fraction of sp³-hybridized carbons (Fsp3) is 0.0833. The van der Waals surface area contributed by atoms with Gasteiger partial charge >= 0.3 is 0 Å². The van der Waals surface area contributed by atoms with Crippen LogP contribution in [0.3, 0.4) is 0 Å². The third-order valence-corrected chi connectivity index (χ3v) is 10.6. The number of fused-ring (bicyclic) bond motifs is 5. The fourth-order valence-electron chi connectivity index (χ4n) is 8.18. The molecule has 0 nitrogen and oxygen atoms in total. The molecule has 1 aliphatic rings. The lowest BCUT2D eigenvalue weighted by molar-refractivity contribution is 0.660. The molecule has 0 unspecified atom stereocenters. The molecule has 8 aromatic rings. The molecular formula is C48H36. The molecule has 0 N–H and O–H groups in total. The van der Waals surface area contributed by atoms with E-state index in [-0.39, 0.29) is 5.41 Å². The standard InChI is InChI=1S/C48H36/c1-31-21-27-42-43(29-31)46(35-26-28-38-37-16-11-12-20-44(37)48(2,3)45(38)30-35)40-18-9-10-19-41(40)47(42)39-17-8-7-15-36(39)34-24-22-33(23-25-34)32-13-5-4-6-14-32/h4-30H,1-3H3. The molecule has 1 aliphatic carbocycles. The Bertz CT molecular complexity index is 2510. The van der Waals surface area contributed by atoms with Gasteiger partial charge in [-0.2, -0.15) is 0 Å². The van der Waals surface area contributed by atoms with Gasteiger partial charge in [0.15, 0.2) is 0 Å². The summed E-state index contributed by atoms with van der Waals surface area (Å²) in [5.74, 6) is 0. The van der Waals surface area contributed by atoms with Crippen molar-refractivity contribution in [3.63, 3.8) is 0 Å². The first-order valence-electron chi connectivity index (χ1n) is 16.9. The summed E-state index contributed by atoms with van der Waals surface area (Å²) in [6.45, 7) is 6.95. The van der Waals surface area contributed by atoms with E-state index in [1.165, 1.54) is 93.9 Å². The van der Waals surface area contributed by atoms with Crippen molar-refractivity contribution in [2.45, 2.75) is 26.2 Å². The smallest absolute Gasteiger partial charge is 0.0159 e. The van der Waals surface area contributed by atoms with E-state index in [0.717, 1.165) is 0 Å². The van der Waals surface area contributed by atoms with E-state index in [9.17, 15) is 0 Å². The topological polar surface area (TPSA) is 0 Å². The van der Waals surface area contributed by atoms with Crippen LogP contribution in [0.25, 0.3) is 77.2 Å². The molecule has 0 heterocycles. The predicted molar refractivity (Wildman–Crippen MR) is 205 cm³/mol. The van der Waals surface area contributed by atoms with E-state index >= 15 is 0 Å². The summed E-state index contributed by atoms with van der Waals surface area (Å²) >= 11 is 0. The minimum absolute atomic E-state index is 0.0571. The quantitative estimate of drug-likeness (QED) is 0.173. The Labute approximate surface area is 283 Å². The molecule has 0 saturated heterocycles. The van der Waals surface area contributed by atoms with Crippen LogP contribution in [0.2, 0.25) is 0 Å². The monoisotopic (exact) mass is 612 g/mol. The van der Waals surface area contributed by atoms with Crippen LogP contribution in [0, 0.1) is 6.92 Å². The Morgan fingerprint density at radius 1 is 0.333 bits per heavy atom. The zero-order chi connectivity index (χ0) is 32.4. The summed E-state index contributed by atoms with van der Waals surface area (Å²) in [4.78, 5) is 0. The molecule has 0 atom stereocenters. The number of aryl methyl sites for hydroxylation is 1. The van der Waals surface area contributed by atoms with Gasteiger partial charge in [0.2, 0.25) is 0 Å². The van der Waals surface area contributed by atoms with E-state index < -0.39 is 0 Å². The number of hydrogen-bond acceptors (Lipinski definition) is 0. The minimum Gasteiger partial charge on any atom is -0.0622 e. The SMILES string of the molecule is Cc1ccc2c(-c3ccccc3-c3ccc(-c4ccccc4)cc3)c3ccccc3c(-c3ccc4c(c3)C(C)(C)c3ccccc3-4)c2c1. The van der Waals surface area contributed by atoms with Gasteiger partial charge in [-0.25, -0.2) is 0 Å². The Hall–Kier alpha value is -5.72. The largest absolute Gasteiger partial charge is 0.0622 e. The maximum Gasteiger partial charge on any atom is 0.0159 e. The van der Waals surface area contributed by atoms with Crippen molar-refractivity contribution in [1.29, 1.82) is 0 Å². The molecule has 8 aromatic carbocycles. The molecule has 9 rings (SSSR count). The highest BCUT2D eigenvalue weighted by atomic mass is 14.4. The summed E-state index contributed by atoms with van der Waals surface area (Å²) in [7, 11) is 0. The molecule has 228 valence electrons. The van der Waals surface area contributed by atoms with Gasteiger partial charge in [-0.15, -0.1) is 0 Å². The van der Waals surface area contributed by atoms with Gasteiger partial charge in [0.05, 0.1) is 0 Å². The van der Waals surface area contributed by atoms with E-state index in [4.69, 9.17) is 0 Å². The third-order valence-electron chi connectivity index (χ3n) is 10.6. The molecule has 0 aliphatic heterocycles. The predicted octanol–water partition coefficient (Wildman–Crippen LogP) is 13.3. The Morgan fingerprint density at radius 2 is 0.875 bits per heavy atom. The second kappa shape index (κ2) is 10.9. The molecule has 0 aromatic heterocycles. The van der Waals surface area contributed by atoms with E-state index in [2.05, 4.69) is 185 Å². The van der Waals surface area contributed by atoms with Crippen LogP contribution in [0.1, 0.15) is 30.5 Å². The van der Waals surface area contributed by atoms with Crippen molar-refractivity contribution in [2.75, 3.05) is 0 Å². The lowest BCUT2D eigenvalue weighted by atomic mass is 9.80. The molecule has 0 amide bonds. The highest BCUT2D eigenvalue weighted by Gasteiger charge is 2.35. The molecule has 0 radical (unpaired) electrons. The highest BCUT2D eigenvalue weighted by Crippen LogP contribution is 2.51. The normalized spacial score (nSPS) is 13.1. The number of rotatable bonds is 4. The Morgan fingerprint density at radius 3 is 1.65 bits per heavy atom. The zero-order valence-corrected chi connectivity index (χ0v) is 27.6. The van der Waals surface area contributed by atoms with Gasteiger partial charge in [0, 0.05) is 5.41 Å². The van der Waals surface area contributed by atoms with Crippen molar-refractivity contribution < 1.29 is 0 Å². The average Bonchev–Trinajstić information content (AvgIpc) is 3.36. The first-order chi connectivity index (χ1) is 23.5. The fourth-order valence-corrected chi connectivity index (χ4v) is 8.18. The van der Waals surface area contributed by atoms with Crippen LogP contribution < -0.4 is 0 Å². The van der Waals surface area contributed by atoms with Gasteiger partial charge in [-0.1, -0.05) is 177 Å². The number of hydrogen-bond donors (Lipinski definition) is 0. The second-order valence-electron chi connectivity index (χ2n) is 13.8. The van der Waals surface area contributed by atoms with Gasteiger partial charge in [-0.3, -0.25) is 0 Å². The van der Waals surface area contributed by atoms with Gasteiger partial charge in [-0.05, 0) is 101 Å². The van der Waals surface area contributed by atoms with Crippen LogP contribution in [0.5, 0.6) is 0 Å². The Balaban J connectivity index is 1.28. The van der Waals surface area contributed by atoms with Gasteiger partial charge < -0.3 is 0 Å². The summed E-state index contributed by atoms with van der Waals surface area (Å²) in [6.07, 6.45) is 0. The zero-order valence-electron chi connectivity index (χ0n) is 27.6.